The fourth-order valence-electron chi connectivity index (χ4n) is 1.62. The van der Waals surface area contributed by atoms with E-state index in [0.717, 1.165) is 6.54 Å². The topological polar surface area (TPSA) is 85.4 Å². The van der Waals surface area contributed by atoms with Crippen molar-refractivity contribution in [1.82, 2.24) is 10.2 Å². The first-order chi connectivity index (χ1) is 10.2. The summed E-state index contributed by atoms with van der Waals surface area (Å²) in [6.45, 7) is 2.67. The van der Waals surface area contributed by atoms with E-state index in [0.29, 0.717) is 22.3 Å². The smallest absolute Gasteiger partial charge is 0.286 e. The van der Waals surface area contributed by atoms with E-state index in [-0.39, 0.29) is 10.9 Å². The summed E-state index contributed by atoms with van der Waals surface area (Å²) in [6, 6.07) is 5.14. The van der Waals surface area contributed by atoms with E-state index in [2.05, 4.69) is 20.8 Å². The quantitative estimate of drug-likeness (QED) is 0.851. The Morgan fingerprint density at radius 1 is 1.29 bits per heavy atom. The van der Waals surface area contributed by atoms with Crippen molar-refractivity contribution in [2.24, 2.45) is 0 Å². The van der Waals surface area contributed by atoms with Gasteiger partial charge in [-0.1, -0.05) is 11.3 Å². The van der Waals surface area contributed by atoms with Crippen LogP contribution in [0.2, 0.25) is 0 Å². The first-order valence-corrected chi connectivity index (χ1v) is 7.10. The lowest BCUT2D eigenvalue weighted by Crippen LogP contribution is -2.12. The number of carbonyl (C=O) groups is 1. The monoisotopic (exact) mass is 308 g/mol. The van der Waals surface area contributed by atoms with E-state index in [9.17, 15) is 4.79 Å². The maximum atomic E-state index is 12.1. The third-order valence-corrected chi connectivity index (χ3v) is 3.48. The van der Waals surface area contributed by atoms with E-state index < -0.39 is 0 Å². The molecular weight excluding hydrogens is 292 g/mol. The number of amides is 1. The highest BCUT2D eigenvalue weighted by atomic mass is 32.1. The van der Waals surface area contributed by atoms with Crippen LogP contribution < -0.4 is 20.1 Å². The first-order valence-electron chi connectivity index (χ1n) is 6.28. The number of benzene rings is 1. The molecule has 0 aliphatic carbocycles. The highest BCUT2D eigenvalue weighted by Crippen LogP contribution is 2.29. The molecule has 7 nitrogen and oxygen atoms in total. The largest absolute Gasteiger partial charge is 0.497 e. The number of ether oxygens (including phenoxy) is 2. The maximum Gasteiger partial charge on any atom is 0.286 e. The van der Waals surface area contributed by atoms with Gasteiger partial charge in [0.15, 0.2) is 0 Å². The van der Waals surface area contributed by atoms with E-state index >= 15 is 0 Å². The Morgan fingerprint density at radius 3 is 2.76 bits per heavy atom. The van der Waals surface area contributed by atoms with Crippen LogP contribution in [0.1, 0.15) is 16.7 Å². The van der Waals surface area contributed by atoms with Gasteiger partial charge in [-0.05, 0) is 19.1 Å². The van der Waals surface area contributed by atoms with E-state index in [4.69, 9.17) is 9.47 Å². The van der Waals surface area contributed by atoms with Gasteiger partial charge in [-0.15, -0.1) is 10.2 Å². The number of carbonyl (C=O) groups excluding carboxylic acids is 1. The van der Waals surface area contributed by atoms with Gasteiger partial charge in [0.2, 0.25) is 10.1 Å². The Bertz CT molecular complexity index is 630. The van der Waals surface area contributed by atoms with Gasteiger partial charge in [0, 0.05) is 12.6 Å². The molecule has 2 rings (SSSR count). The molecule has 0 radical (unpaired) electrons. The zero-order valence-electron chi connectivity index (χ0n) is 12.0. The van der Waals surface area contributed by atoms with E-state index in [1.165, 1.54) is 18.4 Å². The summed E-state index contributed by atoms with van der Waals surface area (Å²) in [6.07, 6.45) is 0. The summed E-state index contributed by atoms with van der Waals surface area (Å²) < 4.78 is 10.3. The average Bonchev–Trinajstić information content (AvgIpc) is 2.96. The normalized spacial score (nSPS) is 10.0. The predicted octanol–water partition coefficient (Wildman–Crippen LogP) is 2.24. The Kier molecular flexibility index (Phi) is 4.94. The average molecular weight is 308 g/mol. The Hall–Kier alpha value is -2.35. The fraction of sp³-hybridized carbons (Fsp3) is 0.308. The van der Waals surface area contributed by atoms with Crippen LogP contribution in [0, 0.1) is 0 Å². The minimum Gasteiger partial charge on any atom is -0.497 e. The Balaban J connectivity index is 2.14. The molecule has 0 saturated heterocycles. The second-order valence-corrected chi connectivity index (χ2v) is 4.94. The highest BCUT2D eigenvalue weighted by Gasteiger charge is 2.15. The summed E-state index contributed by atoms with van der Waals surface area (Å²) in [5.74, 6) is 0.828. The fourth-order valence-corrected chi connectivity index (χ4v) is 2.32. The molecule has 112 valence electrons. The minimum atomic E-state index is -0.333. The van der Waals surface area contributed by atoms with E-state index in [1.54, 1.807) is 25.3 Å². The standard InChI is InChI=1S/C13H16N4O3S/c1-4-14-13-17-16-12(21-13)11(18)15-9-6-5-8(19-2)7-10(9)20-3/h5-7H,4H2,1-3H3,(H,14,17)(H,15,18). The van der Waals surface area contributed by atoms with Crippen LogP contribution in [0.15, 0.2) is 18.2 Å². The van der Waals surface area contributed by atoms with Crippen molar-refractivity contribution in [3.05, 3.63) is 23.2 Å². The van der Waals surface area contributed by atoms with Crippen LogP contribution >= 0.6 is 11.3 Å². The summed E-state index contributed by atoms with van der Waals surface area (Å²) >= 11 is 1.20. The SMILES string of the molecule is CCNc1nnc(C(=O)Nc2ccc(OC)cc2OC)s1. The molecule has 1 amide bonds. The van der Waals surface area contributed by atoms with Crippen LogP contribution in [0.25, 0.3) is 0 Å². The van der Waals surface area contributed by atoms with Crippen molar-refractivity contribution < 1.29 is 14.3 Å². The van der Waals surface area contributed by atoms with Gasteiger partial charge in [0.05, 0.1) is 19.9 Å². The number of nitrogens with zero attached hydrogens (tertiary/aromatic N) is 2. The lowest BCUT2D eigenvalue weighted by atomic mass is 10.2. The zero-order chi connectivity index (χ0) is 15.2. The number of anilines is 2. The molecule has 2 aromatic rings. The lowest BCUT2D eigenvalue weighted by Gasteiger charge is -2.10. The highest BCUT2D eigenvalue weighted by molar-refractivity contribution is 7.17. The van der Waals surface area contributed by atoms with Crippen molar-refractivity contribution in [3.8, 4) is 11.5 Å². The minimum absolute atomic E-state index is 0.281. The molecule has 0 atom stereocenters. The van der Waals surface area contributed by atoms with Gasteiger partial charge in [0.1, 0.15) is 11.5 Å². The van der Waals surface area contributed by atoms with Gasteiger partial charge in [-0.3, -0.25) is 4.79 Å². The molecule has 0 spiro atoms. The van der Waals surface area contributed by atoms with Gasteiger partial charge in [-0.25, -0.2) is 0 Å². The Labute approximate surface area is 126 Å². The second kappa shape index (κ2) is 6.89. The molecular formula is C13H16N4O3S. The molecule has 0 aliphatic rings. The van der Waals surface area contributed by atoms with Crippen molar-refractivity contribution in [3.63, 3.8) is 0 Å². The number of aromatic nitrogens is 2. The molecule has 21 heavy (non-hydrogen) atoms. The number of hydrogen-bond donors (Lipinski definition) is 2. The van der Waals surface area contributed by atoms with Gasteiger partial charge >= 0.3 is 0 Å². The molecule has 2 N–H and O–H groups in total. The molecule has 0 saturated carbocycles. The van der Waals surface area contributed by atoms with Crippen LogP contribution in [-0.4, -0.2) is 36.9 Å². The predicted molar refractivity (Wildman–Crippen MR) is 81.6 cm³/mol. The molecule has 0 bridgehead atoms. The summed E-state index contributed by atoms with van der Waals surface area (Å²) in [4.78, 5) is 12.1. The van der Waals surface area contributed by atoms with Gasteiger partial charge in [0.25, 0.3) is 5.91 Å². The van der Waals surface area contributed by atoms with Crippen LogP contribution in [0.4, 0.5) is 10.8 Å². The number of hydrogen-bond acceptors (Lipinski definition) is 7. The molecule has 0 fully saturated rings. The third-order valence-electron chi connectivity index (χ3n) is 2.60. The van der Waals surface area contributed by atoms with Crippen molar-refractivity contribution in [2.45, 2.75) is 6.92 Å². The second-order valence-electron chi connectivity index (χ2n) is 3.96. The van der Waals surface area contributed by atoms with Crippen molar-refractivity contribution in [2.75, 3.05) is 31.4 Å². The molecule has 0 unspecified atom stereocenters. The maximum absolute atomic E-state index is 12.1. The van der Waals surface area contributed by atoms with E-state index in [1.807, 2.05) is 6.92 Å². The van der Waals surface area contributed by atoms with Crippen LogP contribution in [-0.2, 0) is 0 Å². The third kappa shape index (κ3) is 3.60. The molecule has 1 aromatic carbocycles. The lowest BCUT2D eigenvalue weighted by molar-refractivity contribution is 0.102. The van der Waals surface area contributed by atoms with Crippen molar-refractivity contribution in [1.29, 1.82) is 0 Å². The summed E-state index contributed by atoms with van der Waals surface area (Å²) in [7, 11) is 3.09. The number of nitrogens with one attached hydrogen (secondary N) is 2. The van der Waals surface area contributed by atoms with Gasteiger partial charge in [-0.2, -0.15) is 0 Å². The summed E-state index contributed by atoms with van der Waals surface area (Å²) in [5.41, 5.74) is 0.545. The molecule has 8 heteroatoms. The molecule has 1 aromatic heterocycles. The number of rotatable bonds is 6. The molecule has 0 aliphatic heterocycles. The van der Waals surface area contributed by atoms with Crippen LogP contribution in [0.3, 0.4) is 0 Å². The zero-order valence-corrected chi connectivity index (χ0v) is 12.8. The van der Waals surface area contributed by atoms with Crippen LogP contribution in [0.5, 0.6) is 11.5 Å². The number of methoxy groups -OCH3 is 2. The van der Waals surface area contributed by atoms with Gasteiger partial charge < -0.3 is 20.1 Å². The molecule has 1 heterocycles. The Morgan fingerprint density at radius 2 is 2.10 bits per heavy atom. The summed E-state index contributed by atoms with van der Waals surface area (Å²) in [5, 5.41) is 14.4. The van der Waals surface area contributed by atoms with Crippen molar-refractivity contribution >= 4 is 28.1 Å². The first kappa shape index (κ1) is 15.0.